The lowest BCUT2D eigenvalue weighted by Crippen LogP contribution is -2.05. The van der Waals surface area contributed by atoms with Gasteiger partial charge in [0.2, 0.25) is 0 Å². The fourth-order valence-electron chi connectivity index (χ4n) is 1.91. The first kappa shape index (κ1) is 14.4. The monoisotopic (exact) mass is 274 g/mol. The van der Waals surface area contributed by atoms with Crippen molar-refractivity contribution >= 4 is 0 Å². The lowest BCUT2D eigenvalue weighted by Gasteiger charge is -2.14. The molecule has 0 aliphatic carbocycles. The molecule has 0 spiro atoms. The van der Waals surface area contributed by atoms with E-state index in [4.69, 9.17) is 9.47 Å². The molecule has 0 N–H and O–H groups in total. The highest BCUT2D eigenvalue weighted by atomic mass is 19.1. The average Bonchev–Trinajstić information content (AvgIpc) is 2.46. The van der Waals surface area contributed by atoms with Gasteiger partial charge in [-0.05, 0) is 30.2 Å². The summed E-state index contributed by atoms with van der Waals surface area (Å²) < 4.78 is 25.0. The van der Waals surface area contributed by atoms with Gasteiger partial charge in [-0.15, -0.1) is 0 Å². The lowest BCUT2D eigenvalue weighted by molar-refractivity contribution is 0.272. The molecule has 0 aromatic heterocycles. The van der Waals surface area contributed by atoms with E-state index >= 15 is 0 Å². The Hall–Kier alpha value is -2.03. The standard InChI is InChI=1S/C17H19FO2/c1-12(2)11-20-17-7-5-4-6-14(17)15-10-13(19-3)8-9-16(15)18/h4-10,12H,11H2,1-3H3. The molecule has 106 valence electrons. The van der Waals surface area contributed by atoms with E-state index in [2.05, 4.69) is 13.8 Å². The molecule has 0 saturated carbocycles. The van der Waals surface area contributed by atoms with Crippen LogP contribution in [0.25, 0.3) is 11.1 Å². The summed E-state index contributed by atoms with van der Waals surface area (Å²) >= 11 is 0. The fourth-order valence-corrected chi connectivity index (χ4v) is 1.91. The zero-order chi connectivity index (χ0) is 14.5. The third-order valence-corrected chi connectivity index (χ3v) is 2.92. The highest BCUT2D eigenvalue weighted by Crippen LogP contribution is 2.34. The van der Waals surface area contributed by atoms with Crippen LogP contribution >= 0.6 is 0 Å². The molecule has 0 radical (unpaired) electrons. The molecule has 0 aliphatic heterocycles. The van der Waals surface area contributed by atoms with Crippen molar-refractivity contribution in [2.75, 3.05) is 13.7 Å². The summed E-state index contributed by atoms with van der Waals surface area (Å²) in [6.07, 6.45) is 0. The van der Waals surface area contributed by atoms with Gasteiger partial charge >= 0.3 is 0 Å². The molecule has 2 nitrogen and oxygen atoms in total. The summed E-state index contributed by atoms with van der Waals surface area (Å²) in [5.74, 6) is 1.44. The quantitative estimate of drug-likeness (QED) is 0.797. The molecular formula is C17H19FO2. The SMILES string of the molecule is COc1ccc(F)c(-c2ccccc2OCC(C)C)c1. The van der Waals surface area contributed by atoms with Gasteiger partial charge in [0.15, 0.2) is 0 Å². The Kier molecular flexibility index (Phi) is 4.61. The van der Waals surface area contributed by atoms with E-state index in [-0.39, 0.29) is 5.82 Å². The Bertz CT molecular complexity index is 579. The van der Waals surface area contributed by atoms with E-state index in [9.17, 15) is 4.39 Å². The van der Waals surface area contributed by atoms with Crippen molar-refractivity contribution in [1.82, 2.24) is 0 Å². The second-order valence-electron chi connectivity index (χ2n) is 5.05. The zero-order valence-corrected chi connectivity index (χ0v) is 12.0. The van der Waals surface area contributed by atoms with Gasteiger partial charge in [0.1, 0.15) is 17.3 Å². The first-order chi connectivity index (χ1) is 9.61. The van der Waals surface area contributed by atoms with Crippen molar-refractivity contribution in [3.8, 4) is 22.6 Å². The van der Waals surface area contributed by atoms with Crippen molar-refractivity contribution in [2.24, 2.45) is 5.92 Å². The number of para-hydroxylation sites is 1. The molecular weight excluding hydrogens is 255 g/mol. The molecule has 3 heteroatoms. The van der Waals surface area contributed by atoms with Crippen molar-refractivity contribution in [2.45, 2.75) is 13.8 Å². The van der Waals surface area contributed by atoms with Crippen LogP contribution in [-0.4, -0.2) is 13.7 Å². The molecule has 0 amide bonds. The first-order valence-electron chi connectivity index (χ1n) is 6.67. The Labute approximate surface area is 119 Å². The van der Waals surface area contributed by atoms with Crippen LogP contribution in [0.2, 0.25) is 0 Å². The number of hydrogen-bond donors (Lipinski definition) is 0. The largest absolute Gasteiger partial charge is 0.497 e. The van der Waals surface area contributed by atoms with Crippen molar-refractivity contribution in [3.05, 3.63) is 48.3 Å². The normalized spacial score (nSPS) is 10.7. The number of hydrogen-bond acceptors (Lipinski definition) is 2. The molecule has 0 saturated heterocycles. The number of rotatable bonds is 5. The van der Waals surface area contributed by atoms with Crippen LogP contribution < -0.4 is 9.47 Å². The number of benzene rings is 2. The Morgan fingerprint density at radius 2 is 1.80 bits per heavy atom. The number of methoxy groups -OCH3 is 1. The number of ether oxygens (including phenoxy) is 2. The fraction of sp³-hybridized carbons (Fsp3) is 0.294. The van der Waals surface area contributed by atoms with E-state index in [1.54, 1.807) is 19.2 Å². The summed E-state index contributed by atoms with van der Waals surface area (Å²) in [4.78, 5) is 0. The van der Waals surface area contributed by atoms with E-state index in [1.165, 1.54) is 6.07 Å². The predicted molar refractivity (Wildman–Crippen MR) is 78.7 cm³/mol. The molecule has 2 aromatic rings. The Balaban J connectivity index is 2.41. The first-order valence-corrected chi connectivity index (χ1v) is 6.67. The molecule has 0 bridgehead atoms. The maximum absolute atomic E-state index is 14.1. The summed E-state index contributed by atoms with van der Waals surface area (Å²) in [5, 5.41) is 0. The highest BCUT2D eigenvalue weighted by molar-refractivity contribution is 5.72. The molecule has 20 heavy (non-hydrogen) atoms. The van der Waals surface area contributed by atoms with Gasteiger partial charge in [0, 0.05) is 11.1 Å². The maximum Gasteiger partial charge on any atom is 0.131 e. The van der Waals surface area contributed by atoms with Crippen molar-refractivity contribution in [1.29, 1.82) is 0 Å². The minimum absolute atomic E-state index is 0.286. The Morgan fingerprint density at radius 3 is 2.50 bits per heavy atom. The van der Waals surface area contributed by atoms with E-state index in [0.29, 0.717) is 29.6 Å². The van der Waals surface area contributed by atoms with Crippen LogP contribution in [0.15, 0.2) is 42.5 Å². The van der Waals surface area contributed by atoms with Crippen LogP contribution in [0, 0.1) is 11.7 Å². The van der Waals surface area contributed by atoms with E-state index in [1.807, 2.05) is 24.3 Å². The smallest absolute Gasteiger partial charge is 0.131 e. The van der Waals surface area contributed by atoms with Gasteiger partial charge in [0.05, 0.1) is 13.7 Å². The van der Waals surface area contributed by atoms with Gasteiger partial charge in [0.25, 0.3) is 0 Å². The van der Waals surface area contributed by atoms with Crippen LogP contribution in [0.3, 0.4) is 0 Å². The molecule has 2 rings (SSSR count). The highest BCUT2D eigenvalue weighted by Gasteiger charge is 2.12. The van der Waals surface area contributed by atoms with Gasteiger partial charge < -0.3 is 9.47 Å². The third kappa shape index (κ3) is 3.29. The second kappa shape index (κ2) is 6.42. The van der Waals surface area contributed by atoms with Gasteiger partial charge in [-0.3, -0.25) is 0 Å². The van der Waals surface area contributed by atoms with Crippen LogP contribution in [0.1, 0.15) is 13.8 Å². The molecule has 0 aliphatic rings. The van der Waals surface area contributed by atoms with E-state index < -0.39 is 0 Å². The van der Waals surface area contributed by atoms with Crippen LogP contribution in [0.4, 0.5) is 4.39 Å². The number of halogens is 1. The predicted octanol–water partition coefficient (Wildman–Crippen LogP) is 4.54. The maximum atomic E-state index is 14.1. The molecule has 2 aromatic carbocycles. The molecule has 0 heterocycles. The van der Waals surface area contributed by atoms with Gasteiger partial charge in [-0.2, -0.15) is 0 Å². The van der Waals surface area contributed by atoms with Gasteiger partial charge in [-0.1, -0.05) is 32.0 Å². The van der Waals surface area contributed by atoms with Crippen molar-refractivity contribution in [3.63, 3.8) is 0 Å². The van der Waals surface area contributed by atoms with E-state index in [0.717, 1.165) is 5.56 Å². The average molecular weight is 274 g/mol. The molecule has 0 fully saturated rings. The minimum atomic E-state index is -0.286. The molecule has 0 unspecified atom stereocenters. The van der Waals surface area contributed by atoms with Crippen LogP contribution in [0.5, 0.6) is 11.5 Å². The summed E-state index contributed by atoms with van der Waals surface area (Å²) in [6, 6.07) is 12.2. The van der Waals surface area contributed by atoms with Gasteiger partial charge in [-0.25, -0.2) is 4.39 Å². The lowest BCUT2D eigenvalue weighted by atomic mass is 10.0. The molecule has 0 atom stereocenters. The minimum Gasteiger partial charge on any atom is -0.497 e. The second-order valence-corrected chi connectivity index (χ2v) is 5.05. The summed E-state index contributed by atoms with van der Waals surface area (Å²) in [6.45, 7) is 4.76. The summed E-state index contributed by atoms with van der Waals surface area (Å²) in [5.41, 5.74) is 1.23. The zero-order valence-electron chi connectivity index (χ0n) is 12.0. The van der Waals surface area contributed by atoms with Crippen LogP contribution in [-0.2, 0) is 0 Å². The van der Waals surface area contributed by atoms with Crippen molar-refractivity contribution < 1.29 is 13.9 Å². The Morgan fingerprint density at radius 1 is 1.05 bits per heavy atom. The summed E-state index contributed by atoms with van der Waals surface area (Å²) in [7, 11) is 1.57. The third-order valence-electron chi connectivity index (χ3n) is 2.92. The topological polar surface area (TPSA) is 18.5 Å².